The number of nitrogens with one attached hydrogen (secondary N) is 1. The molecule has 4 nitrogen and oxygen atoms in total. The van der Waals surface area contributed by atoms with Gasteiger partial charge < -0.3 is 10.4 Å². The van der Waals surface area contributed by atoms with E-state index in [0.29, 0.717) is 27.2 Å². The van der Waals surface area contributed by atoms with Crippen molar-refractivity contribution in [1.82, 2.24) is 5.32 Å². The van der Waals surface area contributed by atoms with Gasteiger partial charge in [-0.1, -0.05) is 11.6 Å². The maximum atomic E-state index is 11.9. The van der Waals surface area contributed by atoms with Gasteiger partial charge in [-0.05, 0) is 52.6 Å². The molecular weight excluding hydrogens is 354 g/mol. The van der Waals surface area contributed by atoms with Gasteiger partial charge in [0.2, 0.25) is 0 Å². The van der Waals surface area contributed by atoms with E-state index in [-0.39, 0.29) is 0 Å². The zero-order valence-corrected chi connectivity index (χ0v) is 13.3. The van der Waals surface area contributed by atoms with Crippen LogP contribution in [0.15, 0.2) is 22.7 Å². The molecule has 2 N–H and O–H groups in total. The molecule has 0 saturated carbocycles. The average Bonchev–Trinajstić information content (AvgIpc) is 2.37. The van der Waals surface area contributed by atoms with Crippen LogP contribution in [0, 0.1) is 0 Å². The Balaban J connectivity index is 2.75. The second kappa shape index (κ2) is 7.77. The molecule has 0 fully saturated rings. The van der Waals surface area contributed by atoms with Crippen LogP contribution in [0.1, 0.15) is 16.8 Å². The number of carboxylic acids is 1. The molecule has 1 aromatic carbocycles. The van der Waals surface area contributed by atoms with E-state index >= 15 is 0 Å². The summed E-state index contributed by atoms with van der Waals surface area (Å²) in [5, 5.41) is 11.9. The quantitative estimate of drug-likeness (QED) is 0.812. The number of carbonyl (C=O) groups excluding carboxylic acids is 1. The smallest absolute Gasteiger partial charge is 0.326 e. The van der Waals surface area contributed by atoms with E-state index in [4.69, 9.17) is 16.7 Å². The van der Waals surface area contributed by atoms with Crippen LogP contribution < -0.4 is 5.32 Å². The minimum atomic E-state index is -1.04. The zero-order valence-electron chi connectivity index (χ0n) is 10.2. The van der Waals surface area contributed by atoms with Crippen molar-refractivity contribution in [3.63, 3.8) is 0 Å². The van der Waals surface area contributed by atoms with Gasteiger partial charge in [0.05, 0.1) is 5.02 Å². The van der Waals surface area contributed by atoms with Crippen LogP contribution in [-0.4, -0.2) is 35.0 Å². The highest BCUT2D eigenvalue weighted by Gasteiger charge is 2.20. The van der Waals surface area contributed by atoms with Crippen molar-refractivity contribution in [2.75, 3.05) is 12.0 Å². The molecule has 104 valence electrons. The van der Waals surface area contributed by atoms with Crippen LogP contribution >= 0.6 is 39.3 Å². The largest absolute Gasteiger partial charge is 0.480 e. The van der Waals surface area contributed by atoms with Crippen LogP contribution in [-0.2, 0) is 4.79 Å². The Labute approximate surface area is 129 Å². The molecule has 1 rings (SSSR count). The normalized spacial score (nSPS) is 11.9. The van der Waals surface area contributed by atoms with Gasteiger partial charge in [0.25, 0.3) is 5.91 Å². The van der Waals surface area contributed by atoms with Gasteiger partial charge in [0.1, 0.15) is 6.04 Å². The van der Waals surface area contributed by atoms with Crippen LogP contribution in [0.3, 0.4) is 0 Å². The van der Waals surface area contributed by atoms with Crippen molar-refractivity contribution in [3.8, 4) is 0 Å². The van der Waals surface area contributed by atoms with Crippen molar-refractivity contribution in [1.29, 1.82) is 0 Å². The van der Waals surface area contributed by atoms with E-state index in [1.165, 1.54) is 17.8 Å². The van der Waals surface area contributed by atoms with Crippen LogP contribution in [0.5, 0.6) is 0 Å². The van der Waals surface area contributed by atoms with Crippen molar-refractivity contribution in [2.24, 2.45) is 0 Å². The molecule has 7 heteroatoms. The second-order valence-electron chi connectivity index (χ2n) is 3.77. The summed E-state index contributed by atoms with van der Waals surface area (Å²) < 4.78 is 0.683. The van der Waals surface area contributed by atoms with Gasteiger partial charge in [-0.25, -0.2) is 4.79 Å². The van der Waals surface area contributed by atoms with Gasteiger partial charge in [0.15, 0.2) is 0 Å². The fourth-order valence-electron chi connectivity index (χ4n) is 1.37. The summed E-state index contributed by atoms with van der Waals surface area (Å²) in [4.78, 5) is 23.0. The standard InChI is InChI=1S/C12H13BrClNO3S/c1-19-5-4-10(12(17)18)15-11(16)7-2-3-8(13)9(14)6-7/h2-3,6,10H,4-5H2,1H3,(H,15,16)(H,17,18)/t10-/m1/s1. The number of thioether (sulfide) groups is 1. The lowest BCUT2D eigenvalue weighted by molar-refractivity contribution is -0.139. The average molecular weight is 367 g/mol. The molecule has 0 saturated heterocycles. The van der Waals surface area contributed by atoms with E-state index in [1.54, 1.807) is 12.1 Å². The summed E-state index contributed by atoms with van der Waals surface area (Å²) in [5.74, 6) is -0.813. The van der Waals surface area contributed by atoms with E-state index in [0.717, 1.165) is 0 Å². The molecule has 19 heavy (non-hydrogen) atoms. The third kappa shape index (κ3) is 5.04. The summed E-state index contributed by atoms with van der Waals surface area (Å²) in [7, 11) is 0. The number of amides is 1. The van der Waals surface area contributed by atoms with Crippen molar-refractivity contribution < 1.29 is 14.7 Å². The molecule has 0 heterocycles. The summed E-state index contributed by atoms with van der Waals surface area (Å²) in [6.07, 6.45) is 2.27. The summed E-state index contributed by atoms with van der Waals surface area (Å²) in [6, 6.07) is 3.84. The van der Waals surface area contributed by atoms with E-state index in [1.807, 2.05) is 6.26 Å². The molecule has 0 aliphatic heterocycles. The summed E-state index contributed by atoms with van der Waals surface area (Å²) >= 11 is 10.7. The number of carboxylic acid groups (broad SMARTS) is 1. The Hall–Kier alpha value is -0.720. The van der Waals surface area contributed by atoms with E-state index in [2.05, 4.69) is 21.2 Å². The topological polar surface area (TPSA) is 66.4 Å². The lowest BCUT2D eigenvalue weighted by atomic mass is 10.1. The highest BCUT2D eigenvalue weighted by atomic mass is 79.9. The Morgan fingerprint density at radius 1 is 1.53 bits per heavy atom. The molecule has 1 atom stereocenters. The third-order valence-electron chi connectivity index (χ3n) is 2.40. The number of benzene rings is 1. The summed E-state index contributed by atoms with van der Waals surface area (Å²) in [5.41, 5.74) is 0.337. The minimum Gasteiger partial charge on any atom is -0.480 e. The first kappa shape index (κ1) is 16.3. The number of aliphatic carboxylic acids is 1. The number of rotatable bonds is 6. The molecule has 0 aromatic heterocycles. The molecule has 0 bridgehead atoms. The first-order chi connectivity index (χ1) is 8.95. The van der Waals surface area contributed by atoms with Crippen LogP contribution in [0.25, 0.3) is 0 Å². The van der Waals surface area contributed by atoms with Crippen molar-refractivity contribution in [3.05, 3.63) is 33.3 Å². The highest BCUT2D eigenvalue weighted by molar-refractivity contribution is 9.10. The van der Waals surface area contributed by atoms with E-state index in [9.17, 15) is 9.59 Å². The van der Waals surface area contributed by atoms with Crippen molar-refractivity contribution in [2.45, 2.75) is 12.5 Å². The zero-order chi connectivity index (χ0) is 14.4. The first-order valence-corrected chi connectivity index (χ1v) is 8.00. The molecule has 0 aliphatic carbocycles. The van der Waals surface area contributed by atoms with Gasteiger partial charge in [-0.15, -0.1) is 0 Å². The predicted molar refractivity (Wildman–Crippen MR) is 81.0 cm³/mol. The first-order valence-electron chi connectivity index (χ1n) is 5.43. The summed E-state index contributed by atoms with van der Waals surface area (Å²) in [6.45, 7) is 0. The SMILES string of the molecule is CSCC[C@@H](NC(=O)c1ccc(Br)c(Cl)c1)C(=O)O. The van der Waals surface area contributed by atoms with Gasteiger partial charge >= 0.3 is 5.97 Å². The number of hydrogen-bond acceptors (Lipinski definition) is 3. The monoisotopic (exact) mass is 365 g/mol. The second-order valence-corrected chi connectivity index (χ2v) is 6.02. The van der Waals surface area contributed by atoms with Gasteiger partial charge in [0, 0.05) is 10.0 Å². The fourth-order valence-corrected chi connectivity index (χ4v) is 2.27. The number of carbonyl (C=O) groups is 2. The van der Waals surface area contributed by atoms with Crippen LogP contribution in [0.4, 0.5) is 0 Å². The molecule has 1 aromatic rings. The lowest BCUT2D eigenvalue weighted by Crippen LogP contribution is -2.41. The lowest BCUT2D eigenvalue weighted by Gasteiger charge is -2.14. The number of hydrogen-bond donors (Lipinski definition) is 2. The maximum absolute atomic E-state index is 11.9. The fraction of sp³-hybridized carbons (Fsp3) is 0.333. The third-order valence-corrected chi connectivity index (χ3v) is 4.27. The molecule has 0 unspecified atom stereocenters. The molecule has 1 amide bonds. The Kier molecular flexibility index (Phi) is 6.68. The predicted octanol–water partition coefficient (Wildman–Crippen LogP) is 3.04. The maximum Gasteiger partial charge on any atom is 0.326 e. The Morgan fingerprint density at radius 3 is 2.74 bits per heavy atom. The van der Waals surface area contributed by atoms with E-state index < -0.39 is 17.9 Å². The Morgan fingerprint density at radius 2 is 2.21 bits per heavy atom. The highest BCUT2D eigenvalue weighted by Crippen LogP contribution is 2.23. The Bertz CT molecular complexity index is 484. The number of halogens is 2. The minimum absolute atomic E-state index is 0.337. The molecular formula is C12H13BrClNO3S. The van der Waals surface area contributed by atoms with Gasteiger partial charge in [-0.2, -0.15) is 11.8 Å². The van der Waals surface area contributed by atoms with Gasteiger partial charge in [-0.3, -0.25) is 4.79 Å². The van der Waals surface area contributed by atoms with Crippen LogP contribution in [0.2, 0.25) is 5.02 Å². The van der Waals surface area contributed by atoms with Crippen molar-refractivity contribution >= 4 is 51.2 Å². The molecule has 0 radical (unpaired) electrons. The molecule has 0 spiro atoms. The molecule has 0 aliphatic rings.